The highest BCUT2D eigenvalue weighted by molar-refractivity contribution is 5.83. The first kappa shape index (κ1) is 18.0. The van der Waals surface area contributed by atoms with Gasteiger partial charge in [0.1, 0.15) is 17.4 Å². The van der Waals surface area contributed by atoms with Crippen LogP contribution in [-0.2, 0) is 13.0 Å². The van der Waals surface area contributed by atoms with Crippen LogP contribution in [0, 0.1) is 11.6 Å². The maximum Gasteiger partial charge on any atom is 0.146 e. The van der Waals surface area contributed by atoms with Crippen LogP contribution in [0.1, 0.15) is 11.1 Å². The van der Waals surface area contributed by atoms with Gasteiger partial charge in [0.2, 0.25) is 0 Å². The van der Waals surface area contributed by atoms with Crippen molar-refractivity contribution < 1.29 is 13.9 Å². The molecule has 3 nitrogen and oxygen atoms in total. The van der Waals surface area contributed by atoms with Crippen molar-refractivity contribution in [2.75, 3.05) is 11.4 Å². The Labute approximate surface area is 161 Å². The Kier molecular flexibility index (Phi) is 4.98. The summed E-state index contributed by atoms with van der Waals surface area (Å²) in [5.74, 6) is -0.639. The highest BCUT2D eigenvalue weighted by Crippen LogP contribution is 2.27. The summed E-state index contributed by atoms with van der Waals surface area (Å²) in [5.41, 5.74) is 3.18. The molecule has 28 heavy (non-hydrogen) atoms. The van der Waals surface area contributed by atoms with Gasteiger partial charge in [-0.15, -0.1) is 0 Å². The summed E-state index contributed by atoms with van der Waals surface area (Å²) in [6.45, 7) is 1.05. The van der Waals surface area contributed by atoms with Gasteiger partial charge in [0.15, 0.2) is 0 Å². The number of fused-ring (bicyclic) bond motifs is 1. The van der Waals surface area contributed by atoms with Gasteiger partial charge >= 0.3 is 0 Å². The molecule has 0 fully saturated rings. The van der Waals surface area contributed by atoms with Crippen molar-refractivity contribution in [1.29, 1.82) is 0 Å². The number of H-pyrrole nitrogens is 1. The van der Waals surface area contributed by atoms with Crippen molar-refractivity contribution >= 4 is 16.6 Å². The fraction of sp³-hybridized carbons (Fsp3) is 0.130. The molecular weight excluding hydrogens is 358 g/mol. The van der Waals surface area contributed by atoms with Gasteiger partial charge in [0, 0.05) is 36.3 Å². The third kappa shape index (κ3) is 3.83. The van der Waals surface area contributed by atoms with Gasteiger partial charge in [-0.25, -0.2) is 8.78 Å². The molecule has 0 radical (unpaired) electrons. The number of halogens is 2. The Morgan fingerprint density at radius 2 is 1.75 bits per heavy atom. The minimum absolute atomic E-state index is 0.0250. The second kappa shape index (κ2) is 7.72. The molecule has 4 rings (SSSR count). The van der Waals surface area contributed by atoms with Gasteiger partial charge in [-0.05, 0) is 47.9 Å². The molecule has 0 spiro atoms. The number of anilines is 1. The van der Waals surface area contributed by atoms with Crippen LogP contribution < -0.4 is 4.90 Å². The van der Waals surface area contributed by atoms with E-state index < -0.39 is 0 Å². The zero-order valence-corrected chi connectivity index (χ0v) is 15.2. The number of aromatic amines is 1. The lowest BCUT2D eigenvalue weighted by atomic mass is 10.1. The molecule has 0 aliphatic heterocycles. The summed E-state index contributed by atoms with van der Waals surface area (Å²) >= 11 is 0. The first-order chi connectivity index (χ1) is 13.6. The lowest BCUT2D eigenvalue weighted by molar-refractivity contribution is 0.472. The number of aromatic nitrogens is 1. The molecule has 0 aliphatic carbocycles. The van der Waals surface area contributed by atoms with Crippen molar-refractivity contribution in [3.63, 3.8) is 0 Å². The number of nitrogens with zero attached hydrogens (tertiary/aromatic N) is 1. The van der Waals surface area contributed by atoms with Crippen LogP contribution in [0.2, 0.25) is 0 Å². The van der Waals surface area contributed by atoms with Crippen LogP contribution in [0.3, 0.4) is 0 Å². The molecule has 0 amide bonds. The predicted molar refractivity (Wildman–Crippen MR) is 108 cm³/mol. The largest absolute Gasteiger partial charge is 0.508 e. The fourth-order valence-corrected chi connectivity index (χ4v) is 3.45. The van der Waals surface area contributed by atoms with Crippen LogP contribution in [0.15, 0.2) is 72.9 Å². The molecule has 0 saturated carbocycles. The average molecular weight is 378 g/mol. The SMILES string of the molecule is Oc1ccc(F)c(N(CCc2c[nH]c3cc(F)ccc23)Cc2ccccc2)c1. The summed E-state index contributed by atoms with van der Waals surface area (Å²) in [4.78, 5) is 5.00. The second-order valence-corrected chi connectivity index (χ2v) is 6.80. The van der Waals surface area contributed by atoms with Crippen molar-refractivity contribution in [2.24, 2.45) is 0 Å². The van der Waals surface area contributed by atoms with Gasteiger partial charge in [0.25, 0.3) is 0 Å². The van der Waals surface area contributed by atoms with E-state index in [9.17, 15) is 13.9 Å². The number of hydrogen-bond acceptors (Lipinski definition) is 2. The number of aromatic hydroxyl groups is 1. The first-order valence-corrected chi connectivity index (χ1v) is 9.13. The summed E-state index contributed by atoms with van der Waals surface area (Å²) in [6.07, 6.45) is 2.51. The highest BCUT2D eigenvalue weighted by atomic mass is 19.1. The predicted octanol–water partition coefficient (Wildman–Crippen LogP) is 5.40. The van der Waals surface area contributed by atoms with Gasteiger partial charge < -0.3 is 15.0 Å². The standard InChI is InChI=1S/C23H20F2N2O/c24-18-6-8-20-17(14-26-22(20)12-18)10-11-27(15-16-4-2-1-3-5-16)23-13-19(28)7-9-21(23)25/h1-9,12-14,26,28H,10-11,15H2. The molecule has 1 aromatic heterocycles. The molecule has 0 saturated heterocycles. The zero-order valence-electron chi connectivity index (χ0n) is 15.2. The zero-order chi connectivity index (χ0) is 19.5. The number of rotatable bonds is 6. The van der Waals surface area contributed by atoms with Gasteiger partial charge in [-0.3, -0.25) is 0 Å². The summed E-state index contributed by atoms with van der Waals surface area (Å²) in [6, 6.07) is 18.5. The number of phenols is 1. The van der Waals surface area contributed by atoms with Gasteiger partial charge in [-0.2, -0.15) is 0 Å². The number of phenolic OH excluding ortho intramolecular Hbond substituents is 1. The van der Waals surface area contributed by atoms with E-state index in [1.165, 1.54) is 30.3 Å². The van der Waals surface area contributed by atoms with Crippen molar-refractivity contribution in [3.05, 3.63) is 95.7 Å². The van der Waals surface area contributed by atoms with Crippen LogP contribution >= 0.6 is 0 Å². The lowest BCUT2D eigenvalue weighted by Crippen LogP contribution is -2.26. The number of benzene rings is 3. The maximum absolute atomic E-state index is 14.5. The van der Waals surface area contributed by atoms with E-state index >= 15 is 0 Å². The first-order valence-electron chi connectivity index (χ1n) is 9.13. The Morgan fingerprint density at radius 3 is 2.57 bits per heavy atom. The molecule has 0 bridgehead atoms. The summed E-state index contributed by atoms with van der Waals surface area (Å²) < 4.78 is 27.9. The van der Waals surface area contributed by atoms with Gasteiger partial charge in [-0.1, -0.05) is 30.3 Å². The molecule has 142 valence electrons. The molecule has 2 N–H and O–H groups in total. The van der Waals surface area contributed by atoms with Crippen molar-refractivity contribution in [2.45, 2.75) is 13.0 Å². The molecule has 4 aromatic rings. The van der Waals surface area contributed by atoms with Crippen molar-refractivity contribution in [3.8, 4) is 5.75 Å². The highest BCUT2D eigenvalue weighted by Gasteiger charge is 2.15. The van der Waals surface area contributed by atoms with E-state index in [1.807, 2.05) is 41.4 Å². The van der Waals surface area contributed by atoms with E-state index in [2.05, 4.69) is 4.98 Å². The third-order valence-electron chi connectivity index (χ3n) is 4.87. The minimum Gasteiger partial charge on any atom is -0.508 e. The van der Waals surface area contributed by atoms with E-state index in [-0.39, 0.29) is 17.4 Å². The van der Waals surface area contributed by atoms with Crippen LogP contribution in [-0.4, -0.2) is 16.6 Å². The lowest BCUT2D eigenvalue weighted by Gasteiger charge is -2.25. The van der Waals surface area contributed by atoms with E-state index in [1.54, 1.807) is 6.07 Å². The molecule has 0 aliphatic rings. The topological polar surface area (TPSA) is 39.3 Å². The smallest absolute Gasteiger partial charge is 0.146 e. The molecule has 0 unspecified atom stereocenters. The summed E-state index contributed by atoms with van der Waals surface area (Å²) in [7, 11) is 0. The Hall–Kier alpha value is -3.34. The second-order valence-electron chi connectivity index (χ2n) is 6.80. The van der Waals surface area contributed by atoms with E-state index in [0.29, 0.717) is 25.2 Å². The molecule has 3 aromatic carbocycles. The Bertz CT molecular complexity index is 1090. The molecule has 0 atom stereocenters. The van der Waals surface area contributed by atoms with Crippen molar-refractivity contribution in [1.82, 2.24) is 4.98 Å². The molecule has 1 heterocycles. The normalized spacial score (nSPS) is 11.1. The van der Waals surface area contributed by atoms with Gasteiger partial charge in [0.05, 0.1) is 5.69 Å². The Morgan fingerprint density at radius 1 is 0.929 bits per heavy atom. The van der Waals surface area contributed by atoms with Crippen LogP contribution in [0.4, 0.5) is 14.5 Å². The summed E-state index contributed by atoms with van der Waals surface area (Å²) in [5, 5.41) is 10.8. The molecule has 5 heteroatoms. The maximum atomic E-state index is 14.5. The number of nitrogens with one attached hydrogen (secondary N) is 1. The van der Waals surface area contributed by atoms with E-state index in [0.717, 1.165) is 22.0 Å². The number of hydrogen-bond donors (Lipinski definition) is 2. The Balaban J connectivity index is 1.62. The average Bonchev–Trinajstić information content (AvgIpc) is 3.10. The fourth-order valence-electron chi connectivity index (χ4n) is 3.45. The third-order valence-corrected chi connectivity index (χ3v) is 4.87. The van der Waals surface area contributed by atoms with E-state index in [4.69, 9.17) is 0 Å². The van der Waals surface area contributed by atoms with Crippen LogP contribution in [0.25, 0.3) is 10.9 Å². The quantitative estimate of drug-likeness (QED) is 0.471. The minimum atomic E-state index is -0.380. The molecular formula is C23H20F2N2O. The van der Waals surface area contributed by atoms with Crippen LogP contribution in [0.5, 0.6) is 5.75 Å². The monoisotopic (exact) mass is 378 g/mol.